The predicted octanol–water partition coefficient (Wildman–Crippen LogP) is 3.08. The number of aryl methyl sites for hydroxylation is 1. The van der Waals surface area contributed by atoms with Crippen LogP contribution in [0.1, 0.15) is 22.8 Å². The van der Waals surface area contributed by atoms with Gasteiger partial charge in [0.25, 0.3) is 5.91 Å². The zero-order valence-electron chi connectivity index (χ0n) is 14.9. The van der Waals surface area contributed by atoms with Crippen molar-refractivity contribution in [3.63, 3.8) is 0 Å². The van der Waals surface area contributed by atoms with Gasteiger partial charge >= 0.3 is 0 Å². The molecule has 3 rings (SSSR count). The van der Waals surface area contributed by atoms with E-state index in [1.54, 1.807) is 0 Å². The van der Waals surface area contributed by atoms with Gasteiger partial charge in [-0.25, -0.2) is 4.98 Å². The van der Waals surface area contributed by atoms with Crippen LogP contribution in [0, 0.1) is 6.92 Å². The smallest absolute Gasteiger partial charge is 0.252 e. The maximum Gasteiger partial charge on any atom is 0.252 e. The number of fused-ring (bicyclic) bond motifs is 1. The summed E-state index contributed by atoms with van der Waals surface area (Å²) in [5.41, 5.74) is 4.25. The van der Waals surface area contributed by atoms with Crippen molar-refractivity contribution in [1.82, 2.24) is 15.6 Å². The van der Waals surface area contributed by atoms with Crippen molar-refractivity contribution in [2.75, 3.05) is 13.1 Å². The highest BCUT2D eigenvalue weighted by Gasteiger charge is 2.13. The Hall–Kier alpha value is -3.21. The van der Waals surface area contributed by atoms with Crippen LogP contribution in [-0.4, -0.2) is 29.9 Å². The Morgan fingerprint density at radius 2 is 1.65 bits per heavy atom. The Bertz CT molecular complexity index is 949. The number of nitrogens with one attached hydrogen (secondary N) is 2. The van der Waals surface area contributed by atoms with Gasteiger partial charge in [0.15, 0.2) is 0 Å². The Balaban J connectivity index is 1.93. The average molecular weight is 347 g/mol. The molecule has 0 bridgehead atoms. The minimum absolute atomic E-state index is 0.115. The summed E-state index contributed by atoms with van der Waals surface area (Å²) >= 11 is 0. The quantitative estimate of drug-likeness (QED) is 0.697. The first-order valence-corrected chi connectivity index (χ1v) is 8.54. The Morgan fingerprint density at radius 1 is 0.962 bits per heavy atom. The molecule has 0 unspecified atom stereocenters. The molecular formula is C21H21N3O2. The van der Waals surface area contributed by atoms with E-state index in [1.807, 2.05) is 61.5 Å². The number of amides is 2. The third-order valence-corrected chi connectivity index (χ3v) is 4.09. The van der Waals surface area contributed by atoms with Gasteiger partial charge in [-0.3, -0.25) is 9.59 Å². The van der Waals surface area contributed by atoms with Crippen LogP contribution < -0.4 is 10.6 Å². The second-order valence-corrected chi connectivity index (χ2v) is 6.18. The summed E-state index contributed by atoms with van der Waals surface area (Å²) in [7, 11) is 0. The molecule has 1 aromatic heterocycles. The number of aromatic nitrogens is 1. The van der Waals surface area contributed by atoms with E-state index >= 15 is 0 Å². The molecule has 0 aliphatic heterocycles. The summed E-state index contributed by atoms with van der Waals surface area (Å²) in [6, 6.07) is 17.5. The van der Waals surface area contributed by atoms with Crippen molar-refractivity contribution >= 4 is 22.7 Å². The van der Waals surface area contributed by atoms with Gasteiger partial charge in [0.1, 0.15) is 0 Å². The van der Waals surface area contributed by atoms with Crippen molar-refractivity contribution in [1.29, 1.82) is 0 Å². The van der Waals surface area contributed by atoms with Crippen molar-refractivity contribution in [2.24, 2.45) is 0 Å². The van der Waals surface area contributed by atoms with E-state index in [0.717, 1.165) is 22.2 Å². The van der Waals surface area contributed by atoms with Crippen LogP contribution in [0.5, 0.6) is 0 Å². The highest BCUT2D eigenvalue weighted by Crippen LogP contribution is 2.25. The highest BCUT2D eigenvalue weighted by atomic mass is 16.2. The number of carbonyl (C=O) groups excluding carboxylic acids is 2. The lowest BCUT2D eigenvalue weighted by Crippen LogP contribution is -2.33. The number of hydrogen-bond acceptors (Lipinski definition) is 3. The molecule has 0 fully saturated rings. The Kier molecular flexibility index (Phi) is 5.27. The molecule has 132 valence electrons. The maximum atomic E-state index is 12.7. The van der Waals surface area contributed by atoms with Crippen LogP contribution in [-0.2, 0) is 4.79 Å². The molecule has 5 nitrogen and oxygen atoms in total. The SMILES string of the molecule is CC(=O)NCCNC(=O)c1cc(-c2ccc(C)cc2)nc2ccccc12. The number of carbonyl (C=O) groups is 2. The van der Waals surface area contributed by atoms with Gasteiger partial charge in [-0.1, -0.05) is 48.0 Å². The normalized spacial score (nSPS) is 10.5. The van der Waals surface area contributed by atoms with Crippen molar-refractivity contribution < 1.29 is 9.59 Å². The van der Waals surface area contributed by atoms with E-state index in [-0.39, 0.29) is 11.8 Å². The van der Waals surface area contributed by atoms with Gasteiger partial charge in [0.05, 0.1) is 16.8 Å². The van der Waals surface area contributed by atoms with Gasteiger partial charge in [0.2, 0.25) is 5.91 Å². The average Bonchev–Trinajstić information content (AvgIpc) is 2.64. The summed E-state index contributed by atoms with van der Waals surface area (Å²) < 4.78 is 0. The van der Waals surface area contributed by atoms with E-state index in [9.17, 15) is 9.59 Å². The molecule has 0 saturated heterocycles. The third-order valence-electron chi connectivity index (χ3n) is 4.09. The molecule has 0 spiro atoms. The second-order valence-electron chi connectivity index (χ2n) is 6.18. The first-order chi connectivity index (χ1) is 12.5. The van der Waals surface area contributed by atoms with Crippen LogP contribution in [0.15, 0.2) is 54.6 Å². The molecule has 0 aliphatic carbocycles. The molecule has 5 heteroatoms. The lowest BCUT2D eigenvalue weighted by molar-refractivity contribution is -0.118. The van der Waals surface area contributed by atoms with Gasteiger partial charge in [-0.15, -0.1) is 0 Å². The van der Waals surface area contributed by atoms with Crippen LogP contribution in [0.2, 0.25) is 0 Å². The first-order valence-electron chi connectivity index (χ1n) is 8.54. The lowest BCUT2D eigenvalue weighted by Gasteiger charge is -2.11. The Labute approximate surface area is 152 Å². The fourth-order valence-corrected chi connectivity index (χ4v) is 2.75. The maximum absolute atomic E-state index is 12.7. The van der Waals surface area contributed by atoms with E-state index in [2.05, 4.69) is 10.6 Å². The molecule has 0 aliphatic rings. The lowest BCUT2D eigenvalue weighted by atomic mass is 10.0. The van der Waals surface area contributed by atoms with Gasteiger partial charge in [0, 0.05) is 31.0 Å². The van der Waals surface area contributed by atoms with Crippen LogP contribution in [0.3, 0.4) is 0 Å². The summed E-state index contributed by atoms with van der Waals surface area (Å²) in [6.07, 6.45) is 0. The fourth-order valence-electron chi connectivity index (χ4n) is 2.75. The van der Waals surface area contributed by atoms with E-state index < -0.39 is 0 Å². The molecule has 0 radical (unpaired) electrons. The molecule has 0 atom stereocenters. The second kappa shape index (κ2) is 7.78. The number of pyridine rings is 1. The number of rotatable bonds is 5. The van der Waals surface area contributed by atoms with E-state index in [4.69, 9.17) is 4.98 Å². The van der Waals surface area contributed by atoms with Crippen LogP contribution >= 0.6 is 0 Å². The van der Waals surface area contributed by atoms with Crippen molar-refractivity contribution in [2.45, 2.75) is 13.8 Å². The summed E-state index contributed by atoms with van der Waals surface area (Å²) in [6.45, 7) is 4.25. The predicted molar refractivity (Wildman–Crippen MR) is 103 cm³/mol. The summed E-state index contributed by atoms with van der Waals surface area (Å²) in [5, 5.41) is 6.32. The number of nitrogens with zero attached hydrogens (tertiary/aromatic N) is 1. The summed E-state index contributed by atoms with van der Waals surface area (Å²) in [4.78, 5) is 28.3. The van der Waals surface area contributed by atoms with Gasteiger partial charge in [-0.2, -0.15) is 0 Å². The zero-order chi connectivity index (χ0) is 18.5. The Morgan fingerprint density at radius 3 is 2.38 bits per heavy atom. The third kappa shape index (κ3) is 4.06. The molecule has 2 N–H and O–H groups in total. The zero-order valence-corrected chi connectivity index (χ0v) is 14.9. The van der Waals surface area contributed by atoms with Crippen molar-refractivity contribution in [3.05, 3.63) is 65.7 Å². The first kappa shape index (κ1) is 17.6. The van der Waals surface area contributed by atoms with Crippen LogP contribution in [0.25, 0.3) is 22.2 Å². The standard InChI is InChI=1S/C21H21N3O2/c1-14-7-9-16(10-8-14)20-13-18(17-5-3-4-6-19(17)24-20)21(26)23-12-11-22-15(2)25/h3-10,13H,11-12H2,1-2H3,(H,22,25)(H,23,26). The number of hydrogen-bond donors (Lipinski definition) is 2. The monoisotopic (exact) mass is 347 g/mol. The summed E-state index contributed by atoms with van der Waals surface area (Å²) in [5.74, 6) is -0.294. The number of benzene rings is 2. The minimum atomic E-state index is -0.178. The molecule has 0 saturated carbocycles. The van der Waals surface area contributed by atoms with Gasteiger partial charge < -0.3 is 10.6 Å². The fraction of sp³-hybridized carbons (Fsp3) is 0.190. The molecule has 3 aromatic rings. The van der Waals surface area contributed by atoms with Crippen molar-refractivity contribution in [3.8, 4) is 11.3 Å². The molecule has 2 aromatic carbocycles. The van der Waals surface area contributed by atoms with Gasteiger partial charge in [-0.05, 0) is 19.1 Å². The highest BCUT2D eigenvalue weighted by molar-refractivity contribution is 6.07. The molecule has 1 heterocycles. The largest absolute Gasteiger partial charge is 0.355 e. The number of para-hydroxylation sites is 1. The van der Waals surface area contributed by atoms with Crippen LogP contribution in [0.4, 0.5) is 0 Å². The molecule has 26 heavy (non-hydrogen) atoms. The van der Waals surface area contributed by atoms with E-state index in [1.165, 1.54) is 12.5 Å². The minimum Gasteiger partial charge on any atom is -0.355 e. The molecule has 2 amide bonds. The topological polar surface area (TPSA) is 71.1 Å². The van der Waals surface area contributed by atoms with E-state index in [0.29, 0.717) is 18.7 Å². The molecular weight excluding hydrogens is 326 g/mol.